The van der Waals surface area contributed by atoms with Crippen LogP contribution in [0.1, 0.15) is 27.2 Å². The Balaban J connectivity index is 2.86. The molecule has 1 heterocycles. The summed E-state index contributed by atoms with van der Waals surface area (Å²) in [4.78, 5) is 0. The highest BCUT2D eigenvalue weighted by Crippen LogP contribution is 2.26. The van der Waals surface area contributed by atoms with E-state index in [1.165, 1.54) is 0 Å². The minimum absolute atomic E-state index is 0.00900. The molecule has 1 unspecified atom stereocenters. The van der Waals surface area contributed by atoms with E-state index in [1.54, 1.807) is 5.01 Å². The number of hydrazine groups is 1. The van der Waals surface area contributed by atoms with Gasteiger partial charge >= 0.3 is 0 Å². The highest BCUT2D eigenvalue weighted by molar-refractivity contribution is 5.19. The van der Waals surface area contributed by atoms with Gasteiger partial charge in [-0.15, -0.1) is 0 Å². The van der Waals surface area contributed by atoms with Crippen molar-refractivity contribution in [2.75, 3.05) is 6.61 Å². The van der Waals surface area contributed by atoms with Gasteiger partial charge < -0.3 is 10.4 Å². The Morgan fingerprint density at radius 2 is 2.25 bits per heavy atom. The predicted octanol–water partition coefficient (Wildman–Crippen LogP) is 0.115. The van der Waals surface area contributed by atoms with Crippen molar-refractivity contribution < 1.29 is 5.11 Å². The zero-order chi connectivity index (χ0) is 9.35. The number of aliphatic hydroxyl groups is 1. The maximum absolute atomic E-state index is 9.02. The summed E-state index contributed by atoms with van der Waals surface area (Å²) < 4.78 is 0. The average Bonchev–Trinajstić information content (AvgIpc) is 2.25. The molecule has 70 valence electrons. The molecule has 0 amide bonds. The van der Waals surface area contributed by atoms with Crippen molar-refractivity contribution in [2.45, 2.75) is 32.9 Å². The molecule has 0 aromatic rings. The molecule has 4 heteroatoms. The molecule has 1 aliphatic heterocycles. The van der Waals surface area contributed by atoms with Crippen LogP contribution in [0.4, 0.5) is 0 Å². The fourth-order valence-corrected chi connectivity index (χ4v) is 1.47. The van der Waals surface area contributed by atoms with Crippen LogP contribution in [0.25, 0.3) is 0 Å². The first-order chi connectivity index (χ1) is 5.55. The molecule has 1 aliphatic rings. The number of nitrogens with two attached hydrogens (primary N) is 1. The molecule has 1 atom stereocenters. The van der Waals surface area contributed by atoms with Crippen LogP contribution in [0.2, 0.25) is 0 Å². The van der Waals surface area contributed by atoms with Crippen LogP contribution < -0.4 is 11.2 Å². The van der Waals surface area contributed by atoms with Crippen LogP contribution in [0.3, 0.4) is 0 Å². The Hall–Kier alpha value is -0.740. The molecule has 4 N–H and O–H groups in total. The molecular weight excluding hydrogens is 154 g/mol. The summed E-state index contributed by atoms with van der Waals surface area (Å²) >= 11 is 0. The first kappa shape index (κ1) is 9.35. The topological polar surface area (TPSA) is 61.5 Å². The second-order valence-corrected chi connectivity index (χ2v) is 3.35. The fourth-order valence-electron chi connectivity index (χ4n) is 1.47. The maximum atomic E-state index is 9.02. The van der Waals surface area contributed by atoms with Gasteiger partial charge in [0.1, 0.15) is 5.66 Å². The molecule has 4 nitrogen and oxygen atoms in total. The number of allylic oxidation sites excluding steroid dienone is 1. The Bertz CT molecular complexity index is 214. The normalized spacial score (nSPS) is 29.6. The fraction of sp³-hybridized carbons (Fsp3) is 0.750. The summed E-state index contributed by atoms with van der Waals surface area (Å²) in [6, 6.07) is 0. The van der Waals surface area contributed by atoms with Crippen molar-refractivity contribution in [2.24, 2.45) is 5.84 Å². The van der Waals surface area contributed by atoms with Crippen LogP contribution in [0, 0.1) is 0 Å². The maximum Gasteiger partial charge on any atom is 0.121 e. The van der Waals surface area contributed by atoms with E-state index >= 15 is 0 Å². The highest BCUT2D eigenvalue weighted by atomic mass is 16.3. The molecule has 0 bridgehead atoms. The Kier molecular flexibility index (Phi) is 2.30. The van der Waals surface area contributed by atoms with E-state index in [4.69, 9.17) is 10.9 Å². The zero-order valence-electron chi connectivity index (χ0n) is 7.89. The van der Waals surface area contributed by atoms with Crippen molar-refractivity contribution in [3.8, 4) is 0 Å². The van der Waals surface area contributed by atoms with Crippen molar-refractivity contribution in [1.82, 2.24) is 10.3 Å². The number of hydrogen-bond donors (Lipinski definition) is 3. The number of rotatable bonds is 2. The molecule has 12 heavy (non-hydrogen) atoms. The van der Waals surface area contributed by atoms with Crippen LogP contribution in [0.5, 0.6) is 0 Å². The van der Waals surface area contributed by atoms with Gasteiger partial charge in [-0.1, -0.05) is 6.92 Å². The second kappa shape index (κ2) is 2.95. The SMILES string of the molecule is CCC1(C)NC(C)=C(CO)N1N. The van der Waals surface area contributed by atoms with Crippen LogP contribution in [-0.4, -0.2) is 22.4 Å². The molecule has 0 spiro atoms. The first-order valence-corrected chi connectivity index (χ1v) is 4.19. The molecule has 0 aromatic carbocycles. The molecule has 0 saturated heterocycles. The predicted molar refractivity (Wildman–Crippen MR) is 47.6 cm³/mol. The Labute approximate surface area is 73.0 Å². The summed E-state index contributed by atoms with van der Waals surface area (Å²) in [6.07, 6.45) is 0.893. The van der Waals surface area contributed by atoms with E-state index in [-0.39, 0.29) is 12.3 Å². The number of nitrogens with one attached hydrogen (secondary N) is 1. The molecule has 0 aromatic heterocycles. The van der Waals surface area contributed by atoms with E-state index in [2.05, 4.69) is 12.2 Å². The minimum atomic E-state index is -0.234. The van der Waals surface area contributed by atoms with E-state index in [1.807, 2.05) is 13.8 Å². The number of hydrogen-bond acceptors (Lipinski definition) is 4. The van der Waals surface area contributed by atoms with Gasteiger partial charge in [0, 0.05) is 5.70 Å². The zero-order valence-corrected chi connectivity index (χ0v) is 7.89. The second-order valence-electron chi connectivity index (χ2n) is 3.35. The minimum Gasteiger partial charge on any atom is -0.390 e. The van der Waals surface area contributed by atoms with Crippen molar-refractivity contribution in [1.29, 1.82) is 0 Å². The standard InChI is InChI=1S/C8H17N3O/c1-4-8(3)10-6(2)7(5-12)11(8)9/h10,12H,4-5,9H2,1-3H3. The third kappa shape index (κ3) is 1.17. The average molecular weight is 171 g/mol. The smallest absolute Gasteiger partial charge is 0.121 e. The van der Waals surface area contributed by atoms with Gasteiger partial charge in [0.05, 0.1) is 12.3 Å². The number of nitrogens with zero attached hydrogens (tertiary/aromatic N) is 1. The summed E-state index contributed by atoms with van der Waals surface area (Å²) in [6.45, 7) is 5.98. The van der Waals surface area contributed by atoms with E-state index in [9.17, 15) is 0 Å². The summed E-state index contributed by atoms with van der Waals surface area (Å²) in [5, 5.41) is 13.9. The first-order valence-electron chi connectivity index (χ1n) is 4.19. The summed E-state index contributed by atoms with van der Waals surface area (Å²) in [7, 11) is 0. The largest absolute Gasteiger partial charge is 0.390 e. The lowest BCUT2D eigenvalue weighted by Crippen LogP contribution is -2.53. The lowest BCUT2D eigenvalue weighted by molar-refractivity contribution is 0.127. The summed E-state index contributed by atoms with van der Waals surface area (Å²) in [5.41, 5.74) is 1.51. The van der Waals surface area contributed by atoms with Crippen LogP contribution >= 0.6 is 0 Å². The van der Waals surface area contributed by atoms with Crippen molar-refractivity contribution >= 4 is 0 Å². The molecular formula is C8H17N3O. The van der Waals surface area contributed by atoms with Gasteiger partial charge in [-0.05, 0) is 20.3 Å². The van der Waals surface area contributed by atoms with Crippen molar-refractivity contribution in [3.05, 3.63) is 11.4 Å². The van der Waals surface area contributed by atoms with Crippen molar-refractivity contribution in [3.63, 3.8) is 0 Å². The van der Waals surface area contributed by atoms with Gasteiger partial charge in [0.2, 0.25) is 0 Å². The molecule has 1 rings (SSSR count). The quantitative estimate of drug-likeness (QED) is 0.516. The van der Waals surface area contributed by atoms with Gasteiger partial charge in [0.15, 0.2) is 0 Å². The van der Waals surface area contributed by atoms with Gasteiger partial charge in [-0.2, -0.15) is 0 Å². The van der Waals surface area contributed by atoms with Gasteiger partial charge in [-0.3, -0.25) is 5.01 Å². The van der Waals surface area contributed by atoms with Crippen LogP contribution in [0.15, 0.2) is 11.4 Å². The highest BCUT2D eigenvalue weighted by Gasteiger charge is 2.35. The molecule has 0 fully saturated rings. The third-order valence-electron chi connectivity index (χ3n) is 2.55. The monoisotopic (exact) mass is 171 g/mol. The lowest BCUT2D eigenvalue weighted by Gasteiger charge is -2.33. The van der Waals surface area contributed by atoms with Crippen LogP contribution in [-0.2, 0) is 0 Å². The summed E-state index contributed by atoms with van der Waals surface area (Å²) in [5.74, 6) is 5.82. The Morgan fingerprint density at radius 1 is 1.67 bits per heavy atom. The number of aliphatic hydroxyl groups excluding tert-OH is 1. The Morgan fingerprint density at radius 3 is 2.50 bits per heavy atom. The third-order valence-corrected chi connectivity index (χ3v) is 2.55. The van der Waals surface area contributed by atoms with Gasteiger partial charge in [-0.25, -0.2) is 5.84 Å². The van der Waals surface area contributed by atoms with E-state index < -0.39 is 0 Å². The molecule has 0 aliphatic carbocycles. The lowest BCUT2D eigenvalue weighted by atomic mass is 10.1. The van der Waals surface area contributed by atoms with E-state index in [0.29, 0.717) is 0 Å². The molecule has 0 radical (unpaired) electrons. The van der Waals surface area contributed by atoms with E-state index in [0.717, 1.165) is 17.8 Å². The van der Waals surface area contributed by atoms with Gasteiger partial charge in [0.25, 0.3) is 0 Å². The molecule has 0 saturated carbocycles.